The molecule has 1 atom stereocenters. The van der Waals surface area contributed by atoms with Gasteiger partial charge in [0.25, 0.3) is 0 Å². The second-order valence-electron chi connectivity index (χ2n) is 7.05. The first-order valence-corrected chi connectivity index (χ1v) is 12.1. The van der Waals surface area contributed by atoms with Crippen molar-refractivity contribution >= 4 is 21.6 Å². The van der Waals surface area contributed by atoms with Crippen LogP contribution in [0.5, 0.6) is 5.75 Å². The van der Waals surface area contributed by atoms with Gasteiger partial charge in [-0.15, -0.1) is 0 Å². The van der Waals surface area contributed by atoms with Crippen LogP contribution < -0.4 is 142 Å². The maximum Gasteiger partial charge on any atom is 1.00 e. The number of esters is 1. The molecule has 2 aromatic rings. The number of fused-ring (bicyclic) bond motifs is 1. The summed E-state index contributed by atoms with van der Waals surface area (Å²) < 4.78 is 36.4. The van der Waals surface area contributed by atoms with E-state index in [0.29, 0.717) is 16.7 Å². The molecule has 0 saturated heterocycles. The topological polar surface area (TPSA) is 171 Å². The summed E-state index contributed by atoms with van der Waals surface area (Å²) >= 11 is 0. The number of phosphoric acid groups is 2. The predicted molar refractivity (Wildman–Crippen MR) is 102 cm³/mol. The minimum atomic E-state index is -5.25. The molecule has 10 nitrogen and oxygen atoms in total. The third-order valence-electron chi connectivity index (χ3n) is 5.04. The third-order valence-corrected chi connectivity index (χ3v) is 5.97. The van der Waals surface area contributed by atoms with Gasteiger partial charge in [0, 0.05) is 17.0 Å². The van der Waals surface area contributed by atoms with Crippen molar-refractivity contribution in [3.8, 4) is 5.75 Å². The smallest absolute Gasteiger partial charge is 0.790 e. The van der Waals surface area contributed by atoms with Gasteiger partial charge in [0.2, 0.25) is 0 Å². The van der Waals surface area contributed by atoms with Crippen molar-refractivity contribution in [3.63, 3.8) is 0 Å². The van der Waals surface area contributed by atoms with Gasteiger partial charge >= 0.3 is 124 Å². The number of phosphoric ester groups is 2. The molecule has 0 aromatic heterocycles. The Labute approximate surface area is 295 Å². The summed E-state index contributed by atoms with van der Waals surface area (Å²) in [5, 5.41) is 0. The van der Waals surface area contributed by atoms with Gasteiger partial charge in [-0.25, -0.2) is 4.79 Å². The van der Waals surface area contributed by atoms with Crippen LogP contribution in [0.3, 0.4) is 0 Å². The molecule has 0 radical (unpaired) electrons. The summed E-state index contributed by atoms with van der Waals surface area (Å²) in [5.74, 6) is -1.43. The second-order valence-corrected chi connectivity index (χ2v) is 9.23. The average molecular weight is 568 g/mol. The summed E-state index contributed by atoms with van der Waals surface area (Å²) in [6, 6.07) is 12.1. The van der Waals surface area contributed by atoms with E-state index in [9.17, 15) is 33.5 Å². The molecule has 36 heavy (non-hydrogen) atoms. The summed E-state index contributed by atoms with van der Waals surface area (Å²) in [6.07, 6.45) is 4.70. The van der Waals surface area contributed by atoms with Gasteiger partial charge in [-0.1, -0.05) is 54.6 Å². The Morgan fingerprint density at radius 1 is 0.778 bits per heavy atom. The number of benzene rings is 2. The Bertz CT molecular complexity index is 1200. The number of carbonyl (C=O) groups is 1. The summed E-state index contributed by atoms with van der Waals surface area (Å²) in [6.45, 7) is 0. The molecule has 168 valence electrons. The van der Waals surface area contributed by atoms with E-state index in [1.54, 1.807) is 36.4 Å². The Balaban J connectivity index is 0.00000306. The van der Waals surface area contributed by atoms with Gasteiger partial charge in [-0.2, -0.15) is 0 Å². The molecule has 1 heterocycles. The maximum atomic E-state index is 12.6. The molecule has 0 N–H and O–H groups in total. The zero-order valence-corrected chi connectivity index (χ0v) is 29.8. The van der Waals surface area contributed by atoms with E-state index in [1.165, 1.54) is 36.4 Å². The Morgan fingerprint density at radius 3 is 1.86 bits per heavy atom. The van der Waals surface area contributed by atoms with Crippen LogP contribution in [-0.2, 0) is 24.0 Å². The molecule has 0 amide bonds. The van der Waals surface area contributed by atoms with Crippen molar-refractivity contribution in [1.82, 2.24) is 0 Å². The van der Waals surface area contributed by atoms with Crippen LogP contribution >= 0.6 is 15.6 Å². The van der Waals surface area contributed by atoms with Gasteiger partial charge < -0.3 is 42.5 Å². The van der Waals surface area contributed by atoms with Gasteiger partial charge in [0.05, 0.1) is 19.5 Å². The molecule has 1 aliphatic heterocycles. The molecule has 4 rings (SSSR count). The van der Waals surface area contributed by atoms with Crippen molar-refractivity contribution in [2.24, 2.45) is 5.92 Å². The molecule has 1 aliphatic carbocycles. The summed E-state index contributed by atoms with van der Waals surface area (Å²) in [5.41, 5.74) is -0.109. The number of ether oxygens (including phenoxy) is 1. The quantitative estimate of drug-likeness (QED) is 0.141. The first-order valence-electron chi connectivity index (χ1n) is 9.20. The van der Waals surface area contributed by atoms with Crippen molar-refractivity contribution in [3.05, 3.63) is 89.5 Å². The van der Waals surface area contributed by atoms with Crippen LogP contribution in [0.15, 0.2) is 72.8 Å². The molecule has 0 fully saturated rings. The molecule has 2 aliphatic rings. The number of rotatable bonds is 6. The van der Waals surface area contributed by atoms with E-state index in [0.717, 1.165) is 0 Å². The fraction of sp³-hybridized carbons (Fsp3) is 0.150. The molecule has 0 bridgehead atoms. The van der Waals surface area contributed by atoms with E-state index in [1.807, 2.05) is 0 Å². The first kappa shape index (κ1) is 37.5. The SMILES string of the molecule is O=C1OC(c2ccc(OP(=O)([O-])[O-])cc2)(C2C=CC(OP(=O)([O-])[O-])C=C2)c2ccccc21.[Na+].[Na+].[Na+].[Na+]. The molecule has 0 saturated carbocycles. The Morgan fingerprint density at radius 2 is 1.33 bits per heavy atom. The fourth-order valence-corrected chi connectivity index (χ4v) is 4.68. The van der Waals surface area contributed by atoms with E-state index in [-0.39, 0.29) is 124 Å². The van der Waals surface area contributed by atoms with Crippen molar-refractivity contribution in [2.75, 3.05) is 0 Å². The summed E-state index contributed by atoms with van der Waals surface area (Å²) in [7, 11) is -10.5. The standard InChI is InChI=1S/C20H18O10P2.4Na/c21-19-17-3-1-2-4-18(17)20(28-19,13-5-9-15(10-6-13)29-31(22,23)24)14-7-11-16(12-8-14)30-32(25,26)27;;;;/h1-13,15H,(H2,22,23,24)(H2,25,26,27);;;;/q;4*+1/p-4. The molecular formula is C20H14Na4O10P2. The van der Waals surface area contributed by atoms with E-state index < -0.39 is 39.2 Å². The molecule has 1 unspecified atom stereocenters. The van der Waals surface area contributed by atoms with Crippen molar-refractivity contribution in [1.29, 1.82) is 0 Å². The predicted octanol–water partition coefficient (Wildman–Crippen LogP) is -11.7. The first-order chi connectivity index (χ1) is 15.0. The molecule has 0 spiro atoms. The molecule has 16 heteroatoms. The van der Waals surface area contributed by atoms with Crippen LogP contribution in [0.1, 0.15) is 21.5 Å². The number of hydrogen-bond acceptors (Lipinski definition) is 10. The Hall–Kier alpha value is 1.45. The zero-order chi connectivity index (χ0) is 23.1. The van der Waals surface area contributed by atoms with E-state index in [4.69, 9.17) is 4.74 Å². The Kier molecular flexibility index (Phi) is 15.5. The van der Waals surface area contributed by atoms with Crippen LogP contribution in [0.25, 0.3) is 0 Å². The van der Waals surface area contributed by atoms with Gasteiger partial charge in [-0.3, -0.25) is 0 Å². The zero-order valence-electron chi connectivity index (χ0n) is 20.1. The van der Waals surface area contributed by atoms with Crippen LogP contribution in [0.4, 0.5) is 0 Å². The van der Waals surface area contributed by atoms with E-state index in [2.05, 4.69) is 9.05 Å². The van der Waals surface area contributed by atoms with Gasteiger partial charge in [0.1, 0.15) is 13.6 Å². The summed E-state index contributed by atoms with van der Waals surface area (Å²) in [4.78, 5) is 56.2. The largest absolute Gasteiger partial charge is 1.00 e. The normalized spacial score (nSPS) is 22.1. The third kappa shape index (κ3) is 8.72. The fourth-order valence-electron chi connectivity index (χ4n) is 3.87. The minimum absolute atomic E-state index is 0. The van der Waals surface area contributed by atoms with Crippen LogP contribution in [-0.4, -0.2) is 12.1 Å². The number of carbonyl (C=O) groups excluding carboxylic acids is 1. The van der Waals surface area contributed by atoms with Gasteiger partial charge in [0.15, 0.2) is 5.60 Å². The van der Waals surface area contributed by atoms with Crippen LogP contribution in [0.2, 0.25) is 0 Å². The average Bonchev–Trinajstić information content (AvgIpc) is 3.01. The van der Waals surface area contributed by atoms with Crippen molar-refractivity contribution in [2.45, 2.75) is 11.7 Å². The molecule has 2 aromatic carbocycles. The monoisotopic (exact) mass is 568 g/mol. The van der Waals surface area contributed by atoms with E-state index >= 15 is 0 Å². The van der Waals surface area contributed by atoms with Crippen LogP contribution in [0, 0.1) is 5.92 Å². The van der Waals surface area contributed by atoms with Gasteiger partial charge in [-0.05, 0) is 18.2 Å². The minimum Gasteiger partial charge on any atom is -0.790 e. The number of hydrogen-bond donors (Lipinski definition) is 0. The number of cyclic esters (lactones) is 1. The maximum absolute atomic E-state index is 12.6. The molecular weight excluding hydrogens is 554 g/mol. The van der Waals surface area contributed by atoms with Crippen molar-refractivity contribution < 1.29 is 166 Å². The second kappa shape index (κ2) is 14.9.